The highest BCUT2D eigenvalue weighted by atomic mass is 16.4. The molecule has 0 aromatic carbocycles. The Kier molecular flexibility index (Phi) is 5.22. The van der Waals surface area contributed by atoms with E-state index in [0.29, 0.717) is 11.8 Å². The van der Waals surface area contributed by atoms with Crippen molar-refractivity contribution in [3.05, 3.63) is 23.7 Å². The van der Waals surface area contributed by atoms with Gasteiger partial charge >= 0.3 is 5.97 Å². The Bertz CT molecular complexity index is 359. The lowest BCUT2D eigenvalue weighted by atomic mass is 10.1. The highest BCUT2D eigenvalue weighted by Crippen LogP contribution is 2.18. The van der Waals surface area contributed by atoms with Gasteiger partial charge in [-0.05, 0) is 31.9 Å². The Morgan fingerprint density at radius 1 is 1.47 bits per heavy atom. The number of hydrogen-bond donors (Lipinski definition) is 2. The number of furan rings is 1. The van der Waals surface area contributed by atoms with Gasteiger partial charge in [-0.1, -0.05) is 20.3 Å². The fraction of sp³-hybridized carbons (Fsp3) is 0.615. The van der Waals surface area contributed by atoms with E-state index in [0.717, 1.165) is 19.3 Å². The van der Waals surface area contributed by atoms with Gasteiger partial charge in [-0.2, -0.15) is 0 Å². The third-order valence-corrected chi connectivity index (χ3v) is 2.88. The third-order valence-electron chi connectivity index (χ3n) is 2.88. The molecule has 17 heavy (non-hydrogen) atoms. The van der Waals surface area contributed by atoms with Crippen molar-refractivity contribution in [2.45, 2.75) is 52.1 Å². The summed E-state index contributed by atoms with van der Waals surface area (Å²) in [5.74, 6) is -0.349. The van der Waals surface area contributed by atoms with E-state index < -0.39 is 5.97 Å². The molecular formula is C13H21NO3. The minimum atomic E-state index is -1.02. The molecule has 2 N–H and O–H groups in total. The van der Waals surface area contributed by atoms with E-state index in [9.17, 15) is 4.79 Å². The van der Waals surface area contributed by atoms with E-state index in [-0.39, 0.29) is 11.8 Å². The Hall–Kier alpha value is -1.29. The Balaban J connectivity index is 2.61. The van der Waals surface area contributed by atoms with Crippen molar-refractivity contribution in [1.29, 1.82) is 0 Å². The van der Waals surface area contributed by atoms with Crippen molar-refractivity contribution in [3.63, 3.8) is 0 Å². The van der Waals surface area contributed by atoms with E-state index >= 15 is 0 Å². The standard InChI is InChI=1S/C13H21NO3/c1-4-6-10(5-2)14-9(3)11-7-8-12(17-11)13(15)16/h7-10,14H,4-6H2,1-3H3,(H,15,16). The lowest BCUT2D eigenvalue weighted by Gasteiger charge is -2.20. The largest absolute Gasteiger partial charge is 0.475 e. The number of carboxylic acid groups (broad SMARTS) is 1. The highest BCUT2D eigenvalue weighted by molar-refractivity contribution is 5.84. The summed E-state index contributed by atoms with van der Waals surface area (Å²) in [7, 11) is 0. The summed E-state index contributed by atoms with van der Waals surface area (Å²) in [6.45, 7) is 6.29. The van der Waals surface area contributed by atoms with Crippen LogP contribution < -0.4 is 5.32 Å². The van der Waals surface area contributed by atoms with Crippen LogP contribution in [0, 0.1) is 0 Å². The normalized spacial score (nSPS) is 14.5. The van der Waals surface area contributed by atoms with Crippen molar-refractivity contribution in [3.8, 4) is 0 Å². The van der Waals surface area contributed by atoms with Crippen LogP contribution in [-0.4, -0.2) is 17.1 Å². The van der Waals surface area contributed by atoms with E-state index in [4.69, 9.17) is 9.52 Å². The molecule has 0 spiro atoms. The van der Waals surface area contributed by atoms with Gasteiger partial charge in [0, 0.05) is 6.04 Å². The topological polar surface area (TPSA) is 62.5 Å². The second kappa shape index (κ2) is 6.45. The first-order valence-electron chi connectivity index (χ1n) is 6.17. The highest BCUT2D eigenvalue weighted by Gasteiger charge is 2.16. The third kappa shape index (κ3) is 3.89. The molecule has 2 unspecified atom stereocenters. The number of carboxylic acids is 1. The molecule has 0 aliphatic rings. The van der Waals surface area contributed by atoms with E-state index in [1.165, 1.54) is 6.07 Å². The van der Waals surface area contributed by atoms with Gasteiger partial charge in [-0.25, -0.2) is 4.79 Å². The molecule has 0 aliphatic heterocycles. The number of nitrogens with one attached hydrogen (secondary N) is 1. The smallest absolute Gasteiger partial charge is 0.371 e. The van der Waals surface area contributed by atoms with Crippen LogP contribution in [0.2, 0.25) is 0 Å². The predicted octanol–water partition coefficient (Wildman–Crippen LogP) is 3.21. The molecule has 1 heterocycles. The van der Waals surface area contributed by atoms with Crippen LogP contribution in [0.3, 0.4) is 0 Å². The molecule has 1 rings (SSSR count). The lowest BCUT2D eigenvalue weighted by molar-refractivity contribution is 0.0659. The average molecular weight is 239 g/mol. The van der Waals surface area contributed by atoms with E-state index in [1.807, 2.05) is 6.92 Å². The molecule has 0 radical (unpaired) electrons. The molecule has 0 amide bonds. The second-order valence-corrected chi connectivity index (χ2v) is 4.29. The zero-order chi connectivity index (χ0) is 12.8. The lowest BCUT2D eigenvalue weighted by Crippen LogP contribution is -2.30. The minimum Gasteiger partial charge on any atom is -0.475 e. The van der Waals surface area contributed by atoms with Crippen molar-refractivity contribution in [2.75, 3.05) is 0 Å². The summed E-state index contributed by atoms with van der Waals surface area (Å²) in [6.07, 6.45) is 3.31. The van der Waals surface area contributed by atoms with Crippen molar-refractivity contribution < 1.29 is 14.3 Å². The molecule has 0 fully saturated rings. The molecule has 4 nitrogen and oxygen atoms in total. The maximum atomic E-state index is 10.7. The van der Waals surface area contributed by atoms with E-state index in [2.05, 4.69) is 19.2 Å². The number of carbonyl (C=O) groups is 1. The minimum absolute atomic E-state index is 0.00260. The zero-order valence-electron chi connectivity index (χ0n) is 10.7. The molecule has 0 saturated heterocycles. The van der Waals surface area contributed by atoms with Gasteiger partial charge in [0.15, 0.2) is 0 Å². The number of aromatic carboxylic acids is 1. The molecule has 4 heteroatoms. The summed E-state index contributed by atoms with van der Waals surface area (Å²) in [6, 6.07) is 3.71. The summed E-state index contributed by atoms with van der Waals surface area (Å²) in [4.78, 5) is 10.7. The second-order valence-electron chi connectivity index (χ2n) is 4.29. The SMILES string of the molecule is CCCC(CC)NC(C)c1ccc(C(=O)O)o1. The maximum absolute atomic E-state index is 10.7. The molecule has 1 aromatic heterocycles. The van der Waals surface area contributed by atoms with Gasteiger partial charge in [-0.15, -0.1) is 0 Å². The Morgan fingerprint density at radius 3 is 2.65 bits per heavy atom. The monoisotopic (exact) mass is 239 g/mol. The molecule has 1 aromatic rings. The van der Waals surface area contributed by atoms with Gasteiger partial charge < -0.3 is 14.8 Å². The predicted molar refractivity (Wildman–Crippen MR) is 66.2 cm³/mol. The average Bonchev–Trinajstić information content (AvgIpc) is 2.77. The van der Waals surface area contributed by atoms with Crippen LogP contribution in [0.4, 0.5) is 0 Å². The fourth-order valence-corrected chi connectivity index (χ4v) is 1.89. The van der Waals surface area contributed by atoms with Crippen LogP contribution in [0.25, 0.3) is 0 Å². The van der Waals surface area contributed by atoms with Crippen LogP contribution >= 0.6 is 0 Å². The van der Waals surface area contributed by atoms with Crippen molar-refractivity contribution >= 4 is 5.97 Å². The molecule has 96 valence electrons. The quantitative estimate of drug-likeness (QED) is 0.767. The van der Waals surface area contributed by atoms with E-state index in [1.54, 1.807) is 6.07 Å². The molecule has 2 atom stereocenters. The summed E-state index contributed by atoms with van der Waals surface area (Å²) in [5, 5.41) is 12.2. The van der Waals surface area contributed by atoms with Crippen LogP contribution in [0.5, 0.6) is 0 Å². The fourth-order valence-electron chi connectivity index (χ4n) is 1.89. The Labute approximate surface area is 102 Å². The first kappa shape index (κ1) is 13.8. The number of hydrogen-bond acceptors (Lipinski definition) is 3. The summed E-state index contributed by atoms with van der Waals surface area (Å²) in [5.41, 5.74) is 0. The maximum Gasteiger partial charge on any atom is 0.371 e. The van der Waals surface area contributed by atoms with Crippen molar-refractivity contribution in [2.24, 2.45) is 0 Å². The first-order valence-corrected chi connectivity index (χ1v) is 6.17. The van der Waals surface area contributed by atoms with Crippen molar-refractivity contribution in [1.82, 2.24) is 5.32 Å². The zero-order valence-corrected chi connectivity index (χ0v) is 10.7. The molecule has 0 aliphatic carbocycles. The van der Waals surface area contributed by atoms with Gasteiger partial charge in [-0.3, -0.25) is 0 Å². The van der Waals surface area contributed by atoms with Crippen LogP contribution in [0.1, 0.15) is 62.4 Å². The van der Waals surface area contributed by atoms with Crippen LogP contribution in [-0.2, 0) is 0 Å². The van der Waals surface area contributed by atoms with Gasteiger partial charge in [0.25, 0.3) is 0 Å². The first-order chi connectivity index (χ1) is 8.08. The van der Waals surface area contributed by atoms with Gasteiger partial charge in [0.2, 0.25) is 5.76 Å². The van der Waals surface area contributed by atoms with Gasteiger partial charge in [0.1, 0.15) is 5.76 Å². The van der Waals surface area contributed by atoms with Gasteiger partial charge in [0.05, 0.1) is 6.04 Å². The van der Waals surface area contributed by atoms with Crippen LogP contribution in [0.15, 0.2) is 16.5 Å². The Morgan fingerprint density at radius 2 is 2.18 bits per heavy atom. The molecular weight excluding hydrogens is 218 g/mol. The molecule has 0 saturated carbocycles. The summed E-state index contributed by atoms with van der Waals surface area (Å²) >= 11 is 0. The summed E-state index contributed by atoms with van der Waals surface area (Å²) < 4.78 is 5.27. The number of rotatable bonds is 7. The molecule has 0 bridgehead atoms.